The molecular formula is C24H51O6P. The molecule has 6 nitrogen and oxygen atoms in total. The first-order valence-corrected chi connectivity index (χ1v) is 14.1. The molecule has 0 heterocycles. The van der Waals surface area contributed by atoms with E-state index in [1.54, 1.807) is 0 Å². The molecule has 0 aliphatic heterocycles. The SMILES string of the molecule is CCCCCCCCOOP(OOCCCCCCCC)OOCCCCCCCC. The fourth-order valence-corrected chi connectivity index (χ4v) is 3.66. The van der Waals surface area contributed by atoms with Crippen LogP contribution in [-0.2, 0) is 28.7 Å². The van der Waals surface area contributed by atoms with Crippen molar-refractivity contribution in [2.75, 3.05) is 19.8 Å². The van der Waals surface area contributed by atoms with E-state index in [1.165, 1.54) is 77.0 Å². The molecule has 0 spiro atoms. The summed E-state index contributed by atoms with van der Waals surface area (Å²) in [5.74, 6) is 0. The Labute approximate surface area is 193 Å². The predicted octanol–water partition coefficient (Wildman–Crippen LogP) is 9.14. The molecule has 0 radical (unpaired) electrons. The first kappa shape index (κ1) is 31.2. The lowest BCUT2D eigenvalue weighted by Crippen LogP contribution is -2.02. The van der Waals surface area contributed by atoms with Gasteiger partial charge in [-0.15, -0.1) is 14.0 Å². The lowest BCUT2D eigenvalue weighted by molar-refractivity contribution is -0.311. The molecule has 0 saturated carbocycles. The molecular weight excluding hydrogens is 415 g/mol. The zero-order chi connectivity index (χ0) is 22.7. The molecule has 0 unspecified atom stereocenters. The van der Waals surface area contributed by atoms with Gasteiger partial charge in [-0.05, 0) is 19.3 Å². The Morgan fingerprint density at radius 2 is 0.613 bits per heavy atom. The first-order valence-electron chi connectivity index (χ1n) is 13.0. The summed E-state index contributed by atoms with van der Waals surface area (Å²) in [6, 6.07) is 0. The highest BCUT2D eigenvalue weighted by Crippen LogP contribution is 2.40. The van der Waals surface area contributed by atoms with E-state index in [0.717, 1.165) is 38.5 Å². The maximum atomic E-state index is 5.27. The van der Waals surface area contributed by atoms with E-state index in [1.807, 2.05) is 0 Å². The Bertz CT molecular complexity index is 275. The van der Waals surface area contributed by atoms with Crippen molar-refractivity contribution >= 4 is 8.60 Å². The molecule has 0 bridgehead atoms. The summed E-state index contributed by atoms with van der Waals surface area (Å²) >= 11 is 0. The number of hydrogen-bond acceptors (Lipinski definition) is 6. The van der Waals surface area contributed by atoms with Crippen LogP contribution < -0.4 is 0 Å². The van der Waals surface area contributed by atoms with Crippen LogP contribution in [0, 0.1) is 0 Å². The van der Waals surface area contributed by atoms with E-state index in [4.69, 9.17) is 28.7 Å². The molecule has 31 heavy (non-hydrogen) atoms. The van der Waals surface area contributed by atoms with Crippen molar-refractivity contribution < 1.29 is 28.7 Å². The summed E-state index contributed by atoms with van der Waals surface area (Å²) in [5, 5.41) is 0. The third-order valence-electron chi connectivity index (χ3n) is 5.08. The van der Waals surface area contributed by atoms with E-state index in [2.05, 4.69) is 20.8 Å². The van der Waals surface area contributed by atoms with Crippen LogP contribution in [0.1, 0.15) is 136 Å². The quantitative estimate of drug-likeness (QED) is 0.0520. The molecule has 7 heteroatoms. The minimum Gasteiger partial charge on any atom is -0.229 e. The number of rotatable bonds is 27. The number of hydrogen-bond donors (Lipinski definition) is 0. The second kappa shape index (κ2) is 28.2. The summed E-state index contributed by atoms with van der Waals surface area (Å²) in [6.07, 6.45) is 21.6. The zero-order valence-corrected chi connectivity index (χ0v) is 21.6. The van der Waals surface area contributed by atoms with Crippen molar-refractivity contribution in [2.24, 2.45) is 0 Å². The summed E-state index contributed by atoms with van der Waals surface area (Å²) in [7, 11) is -1.82. The Balaban J connectivity index is 3.82. The monoisotopic (exact) mass is 466 g/mol. The van der Waals surface area contributed by atoms with Crippen LogP contribution in [0.2, 0.25) is 0 Å². The maximum absolute atomic E-state index is 5.27. The highest BCUT2D eigenvalue weighted by molar-refractivity contribution is 7.41. The van der Waals surface area contributed by atoms with Gasteiger partial charge in [-0.3, -0.25) is 0 Å². The second-order valence-corrected chi connectivity index (χ2v) is 9.11. The van der Waals surface area contributed by atoms with Crippen molar-refractivity contribution in [2.45, 2.75) is 136 Å². The van der Waals surface area contributed by atoms with E-state index >= 15 is 0 Å². The van der Waals surface area contributed by atoms with Crippen LogP contribution in [-0.4, -0.2) is 19.8 Å². The smallest absolute Gasteiger partial charge is 0.229 e. The molecule has 0 fully saturated rings. The Hall–Kier alpha value is 0.190. The van der Waals surface area contributed by atoms with Crippen molar-refractivity contribution in [1.29, 1.82) is 0 Å². The van der Waals surface area contributed by atoms with Gasteiger partial charge < -0.3 is 0 Å². The zero-order valence-electron chi connectivity index (χ0n) is 20.7. The van der Waals surface area contributed by atoms with Crippen LogP contribution >= 0.6 is 8.60 Å². The van der Waals surface area contributed by atoms with Gasteiger partial charge in [-0.25, -0.2) is 14.7 Å². The summed E-state index contributed by atoms with van der Waals surface area (Å²) in [5.41, 5.74) is 0. The van der Waals surface area contributed by atoms with Crippen molar-refractivity contribution in [3.8, 4) is 0 Å². The van der Waals surface area contributed by atoms with E-state index < -0.39 is 8.60 Å². The minimum absolute atomic E-state index is 0.520. The van der Waals surface area contributed by atoms with Crippen molar-refractivity contribution in [1.82, 2.24) is 0 Å². The molecule has 0 N–H and O–H groups in total. The van der Waals surface area contributed by atoms with Gasteiger partial charge in [-0.2, -0.15) is 0 Å². The summed E-state index contributed by atoms with van der Waals surface area (Å²) < 4.78 is 15.8. The van der Waals surface area contributed by atoms with Crippen molar-refractivity contribution in [3.63, 3.8) is 0 Å². The molecule has 0 atom stereocenters. The van der Waals surface area contributed by atoms with Gasteiger partial charge in [-0.1, -0.05) is 117 Å². The third kappa shape index (κ3) is 26.3. The van der Waals surface area contributed by atoms with Gasteiger partial charge in [0.2, 0.25) is 0 Å². The highest BCUT2D eigenvalue weighted by atomic mass is 31.2. The molecule has 0 aliphatic carbocycles. The largest absolute Gasteiger partial charge is 0.421 e. The molecule has 0 aliphatic rings. The van der Waals surface area contributed by atoms with Crippen LogP contribution in [0.15, 0.2) is 0 Å². The third-order valence-corrected chi connectivity index (χ3v) is 5.77. The van der Waals surface area contributed by atoms with Gasteiger partial charge in [0.25, 0.3) is 0 Å². The fourth-order valence-electron chi connectivity index (χ4n) is 3.10. The molecule has 0 aromatic heterocycles. The Morgan fingerprint density at radius 1 is 0.355 bits per heavy atom. The van der Waals surface area contributed by atoms with E-state index in [0.29, 0.717) is 19.8 Å². The molecule has 0 amide bonds. The highest BCUT2D eigenvalue weighted by Gasteiger charge is 2.17. The van der Waals surface area contributed by atoms with Gasteiger partial charge in [0.15, 0.2) is 0 Å². The average molecular weight is 467 g/mol. The van der Waals surface area contributed by atoms with Crippen LogP contribution in [0.25, 0.3) is 0 Å². The normalized spacial score (nSPS) is 11.6. The van der Waals surface area contributed by atoms with Gasteiger partial charge in [0.05, 0.1) is 19.8 Å². The standard InChI is InChI=1S/C24H51O6P/c1-4-7-10-13-16-19-22-25-28-31(29-26-23-20-17-14-11-8-5-2)30-27-24-21-18-15-12-9-6-3/h4-24H2,1-3H3. The minimum atomic E-state index is -1.82. The first-order chi connectivity index (χ1) is 15.3. The van der Waals surface area contributed by atoms with Crippen LogP contribution in [0.3, 0.4) is 0 Å². The summed E-state index contributed by atoms with van der Waals surface area (Å²) in [6.45, 7) is 8.23. The molecule has 0 aromatic rings. The second-order valence-electron chi connectivity index (χ2n) is 8.22. The van der Waals surface area contributed by atoms with Crippen LogP contribution in [0.4, 0.5) is 0 Å². The fraction of sp³-hybridized carbons (Fsp3) is 1.00. The average Bonchev–Trinajstić information content (AvgIpc) is 2.78. The maximum Gasteiger partial charge on any atom is 0.421 e. The molecule has 0 rings (SSSR count). The number of unbranched alkanes of at least 4 members (excludes halogenated alkanes) is 15. The molecule has 188 valence electrons. The Morgan fingerprint density at radius 3 is 0.903 bits per heavy atom. The van der Waals surface area contributed by atoms with Gasteiger partial charge in [0.1, 0.15) is 0 Å². The van der Waals surface area contributed by atoms with E-state index in [9.17, 15) is 0 Å². The summed E-state index contributed by atoms with van der Waals surface area (Å²) in [4.78, 5) is 15.8. The lowest BCUT2D eigenvalue weighted by atomic mass is 10.1. The van der Waals surface area contributed by atoms with E-state index in [-0.39, 0.29) is 0 Å². The Kier molecular flexibility index (Phi) is 28.4. The van der Waals surface area contributed by atoms with Gasteiger partial charge in [0, 0.05) is 0 Å². The molecule has 0 saturated heterocycles. The topological polar surface area (TPSA) is 55.4 Å². The van der Waals surface area contributed by atoms with Crippen LogP contribution in [0.5, 0.6) is 0 Å². The molecule has 0 aromatic carbocycles. The lowest BCUT2D eigenvalue weighted by Gasteiger charge is -2.13. The predicted molar refractivity (Wildman–Crippen MR) is 128 cm³/mol. The van der Waals surface area contributed by atoms with Crippen molar-refractivity contribution in [3.05, 3.63) is 0 Å². The van der Waals surface area contributed by atoms with Gasteiger partial charge >= 0.3 is 8.60 Å².